The van der Waals surface area contributed by atoms with Crippen LogP contribution < -0.4 is 31.9 Å². The molecular formula is C50H66N10O10. The van der Waals surface area contributed by atoms with Crippen LogP contribution in [0.25, 0.3) is 0 Å². The van der Waals surface area contributed by atoms with Gasteiger partial charge in [0.1, 0.15) is 29.4 Å². The number of amides is 8. The van der Waals surface area contributed by atoms with Gasteiger partial charge < -0.3 is 46.4 Å². The number of carbonyl (C=O) groups excluding carboxylic acids is 9. The van der Waals surface area contributed by atoms with Crippen molar-refractivity contribution < 1.29 is 47.9 Å². The minimum Gasteiger partial charge on any atom is -0.444 e. The van der Waals surface area contributed by atoms with Crippen molar-refractivity contribution in [2.45, 2.75) is 115 Å². The van der Waals surface area contributed by atoms with Crippen molar-refractivity contribution in [2.24, 2.45) is 11.8 Å². The molecule has 70 heavy (non-hydrogen) atoms. The van der Waals surface area contributed by atoms with E-state index < -0.39 is 101 Å². The molecule has 20 heteroatoms. The van der Waals surface area contributed by atoms with Gasteiger partial charge in [0.25, 0.3) is 11.8 Å². The molecule has 5 rings (SSSR count). The lowest BCUT2D eigenvalue weighted by molar-refractivity contribution is -0.141. The Balaban J connectivity index is 1.34. The number of hydrogen-bond donors (Lipinski definition) is 6. The minimum absolute atomic E-state index is 0.0202. The highest BCUT2D eigenvalue weighted by molar-refractivity contribution is 6.38. The summed E-state index contributed by atoms with van der Waals surface area (Å²) >= 11 is 0. The third-order valence-corrected chi connectivity index (χ3v) is 12.0. The number of nitrogens with zero attached hydrogens (tertiary/aromatic N) is 4. The molecule has 2 aromatic carbocycles. The number of ketones is 1. The second-order valence-electron chi connectivity index (χ2n) is 18.8. The summed E-state index contributed by atoms with van der Waals surface area (Å²) in [6.45, 7) is 5.69. The molecule has 8 amide bonds. The third-order valence-electron chi connectivity index (χ3n) is 12.0. The van der Waals surface area contributed by atoms with E-state index in [0.29, 0.717) is 30.4 Å². The molecule has 2 heterocycles. The van der Waals surface area contributed by atoms with Gasteiger partial charge in [-0.2, -0.15) is 0 Å². The van der Waals surface area contributed by atoms with E-state index in [2.05, 4.69) is 41.9 Å². The van der Waals surface area contributed by atoms with E-state index in [1.54, 1.807) is 88.4 Å². The van der Waals surface area contributed by atoms with E-state index in [0.717, 1.165) is 19.3 Å². The van der Waals surface area contributed by atoms with Crippen molar-refractivity contribution in [1.29, 1.82) is 0 Å². The van der Waals surface area contributed by atoms with Crippen molar-refractivity contribution in [3.8, 4) is 0 Å². The van der Waals surface area contributed by atoms with Crippen molar-refractivity contribution in [1.82, 2.24) is 51.7 Å². The van der Waals surface area contributed by atoms with Crippen LogP contribution in [0.15, 0.2) is 79.3 Å². The normalized spacial score (nSPS) is 17.6. The number of hydrogen-bond acceptors (Lipinski definition) is 12. The van der Waals surface area contributed by atoms with Gasteiger partial charge in [0.05, 0.1) is 30.7 Å². The predicted molar refractivity (Wildman–Crippen MR) is 256 cm³/mol. The molecular weight excluding hydrogens is 901 g/mol. The molecule has 1 saturated carbocycles. The molecule has 0 radical (unpaired) electrons. The van der Waals surface area contributed by atoms with Gasteiger partial charge in [0.2, 0.25) is 35.3 Å². The van der Waals surface area contributed by atoms with Gasteiger partial charge in [0.15, 0.2) is 0 Å². The Bertz CT molecular complexity index is 2310. The average molecular weight is 967 g/mol. The summed E-state index contributed by atoms with van der Waals surface area (Å²) in [4.78, 5) is 134. The Morgan fingerprint density at radius 3 is 2.09 bits per heavy atom. The fraction of sp³-hybridized carbons (Fsp3) is 0.500. The van der Waals surface area contributed by atoms with Crippen molar-refractivity contribution in [3.05, 3.63) is 96.1 Å². The second kappa shape index (κ2) is 25.4. The molecule has 2 fully saturated rings. The van der Waals surface area contributed by atoms with Crippen LogP contribution in [0.2, 0.25) is 0 Å². The number of likely N-dealkylation sites (N-methyl/N-ethyl adjacent to an activating group) is 1. The number of likely N-dealkylation sites (tertiary alicyclic amines) is 1. The average Bonchev–Trinajstić information content (AvgIpc) is 3.77. The van der Waals surface area contributed by atoms with Gasteiger partial charge in [-0.25, -0.2) is 9.78 Å². The summed E-state index contributed by atoms with van der Waals surface area (Å²) in [5.74, 6) is -7.40. The Morgan fingerprint density at radius 2 is 1.47 bits per heavy atom. The van der Waals surface area contributed by atoms with E-state index in [1.807, 2.05) is 0 Å². The lowest BCUT2D eigenvalue weighted by Gasteiger charge is -2.31. The number of Topliss-reactive ketones (excluding diaryl/α,β-unsaturated/α-hetero) is 1. The number of nitrogens with one attached hydrogen (secondary N) is 6. The monoisotopic (exact) mass is 966 g/mol. The summed E-state index contributed by atoms with van der Waals surface area (Å²) in [5, 5.41) is 16.2. The van der Waals surface area contributed by atoms with Crippen molar-refractivity contribution >= 4 is 53.2 Å². The molecule has 6 N–H and O–H groups in total. The van der Waals surface area contributed by atoms with E-state index >= 15 is 0 Å². The summed E-state index contributed by atoms with van der Waals surface area (Å²) in [6, 6.07) is 11.7. The summed E-state index contributed by atoms with van der Waals surface area (Å²) in [6.07, 6.45) is 7.75. The first kappa shape index (κ1) is 53.7. The highest BCUT2D eigenvalue weighted by atomic mass is 16.6. The summed E-state index contributed by atoms with van der Waals surface area (Å²) in [7, 11) is 3.07. The lowest BCUT2D eigenvalue weighted by atomic mass is 9.83. The lowest BCUT2D eigenvalue weighted by Crippen LogP contribution is -2.59. The van der Waals surface area contributed by atoms with E-state index in [4.69, 9.17) is 4.74 Å². The van der Waals surface area contributed by atoms with Gasteiger partial charge in [-0.3, -0.25) is 43.3 Å². The van der Waals surface area contributed by atoms with Crippen LogP contribution in [0.3, 0.4) is 0 Å². The van der Waals surface area contributed by atoms with Crippen LogP contribution in [-0.2, 0) is 44.7 Å². The Hall–Kier alpha value is -7.25. The van der Waals surface area contributed by atoms with Crippen LogP contribution in [0.5, 0.6) is 0 Å². The molecule has 3 aromatic rings. The summed E-state index contributed by atoms with van der Waals surface area (Å²) in [5.41, 5.74) is 0.320. The van der Waals surface area contributed by atoms with Crippen LogP contribution in [-0.4, -0.2) is 136 Å². The smallest absolute Gasteiger partial charge is 0.410 e. The number of ether oxygens (including phenoxy) is 1. The molecule has 2 aliphatic rings. The molecule has 1 aliphatic carbocycles. The number of aromatic nitrogens is 2. The Morgan fingerprint density at radius 1 is 0.800 bits per heavy atom. The number of rotatable bonds is 20. The second-order valence-corrected chi connectivity index (χ2v) is 18.8. The molecule has 376 valence electrons. The van der Waals surface area contributed by atoms with Gasteiger partial charge >= 0.3 is 6.09 Å². The van der Waals surface area contributed by atoms with Gasteiger partial charge in [-0.05, 0) is 57.1 Å². The van der Waals surface area contributed by atoms with Crippen LogP contribution in [0.4, 0.5) is 4.79 Å². The molecule has 6 atom stereocenters. The van der Waals surface area contributed by atoms with Crippen LogP contribution >= 0.6 is 0 Å². The molecule has 0 spiro atoms. The van der Waals surface area contributed by atoms with Crippen molar-refractivity contribution in [3.63, 3.8) is 0 Å². The zero-order chi connectivity index (χ0) is 51.0. The molecule has 20 nitrogen and oxygen atoms in total. The molecule has 1 aromatic heterocycles. The van der Waals surface area contributed by atoms with Crippen molar-refractivity contribution in [2.75, 3.05) is 33.7 Å². The fourth-order valence-corrected chi connectivity index (χ4v) is 8.44. The quantitative estimate of drug-likeness (QED) is 0.0890. The highest BCUT2D eigenvalue weighted by Gasteiger charge is 2.44. The molecule has 1 aliphatic heterocycles. The largest absolute Gasteiger partial charge is 0.444 e. The summed E-state index contributed by atoms with van der Waals surface area (Å²) < 4.78 is 5.62. The SMILES string of the molecule is CCC[C@H](NC(=O)[C@@H]1CN(C(=O)OC(C)(C)C)C[C@@H]1NC(=O)[C@H](Cc1ccccc1)NC(=O)[C@@H](NC(=O)c1cnccn1)C1CCCCC1)C(=O)C(=O)NCC(=O)N[C@H](C(=O)N(C)C)c1ccccc1. The van der Waals surface area contributed by atoms with E-state index in [1.165, 1.54) is 42.5 Å². The first-order valence-electron chi connectivity index (χ1n) is 23.7. The van der Waals surface area contributed by atoms with Crippen LogP contribution in [0, 0.1) is 11.8 Å². The third kappa shape index (κ3) is 15.6. The maximum Gasteiger partial charge on any atom is 0.410 e. The standard InChI is InChI=1S/C50H66N10O10/c1-7-17-35(42(62)47(67)53-28-39(61)57-41(48(68)59(5)6)33-22-15-10-16-23-33)54-43(63)34-29-60(49(69)70-50(2,3)4)30-38(34)56-44(64)36(26-31-18-11-8-12-19-31)55-46(66)40(32-20-13-9-14-21-32)58-45(65)37-27-51-24-25-52-37/h8,10-12,15-16,18-19,22-25,27,32,34-36,38,40-41H,7,9,13-14,17,20-21,26,28-30H2,1-6H3,(H,53,67)(H,54,63)(H,55,66)(H,56,64)(H,57,61)(H,58,65)/t34-,35+,36+,38+,40+,41+/m1/s1. The maximum atomic E-state index is 14.6. The van der Waals surface area contributed by atoms with Crippen LogP contribution in [0.1, 0.15) is 100 Å². The first-order chi connectivity index (χ1) is 33.3. The minimum atomic E-state index is -1.36. The van der Waals surface area contributed by atoms with Gasteiger partial charge in [-0.15, -0.1) is 0 Å². The first-order valence-corrected chi connectivity index (χ1v) is 23.7. The fourth-order valence-electron chi connectivity index (χ4n) is 8.44. The number of carbonyl (C=O) groups is 9. The molecule has 0 unspecified atom stereocenters. The van der Waals surface area contributed by atoms with Gasteiger partial charge in [-0.1, -0.05) is 93.3 Å². The number of benzene rings is 2. The highest BCUT2D eigenvalue weighted by Crippen LogP contribution is 2.28. The predicted octanol–water partition coefficient (Wildman–Crippen LogP) is 2.15. The molecule has 0 bridgehead atoms. The molecule has 1 saturated heterocycles. The van der Waals surface area contributed by atoms with E-state index in [9.17, 15) is 43.2 Å². The Labute approximate surface area is 408 Å². The maximum absolute atomic E-state index is 14.6. The Kier molecular flexibility index (Phi) is 19.5. The van der Waals surface area contributed by atoms with Gasteiger partial charge in [0, 0.05) is 46.0 Å². The topological polar surface area (TPSA) is 267 Å². The zero-order valence-electron chi connectivity index (χ0n) is 40.7. The zero-order valence-corrected chi connectivity index (χ0v) is 40.7. The van der Waals surface area contributed by atoms with E-state index in [-0.39, 0.29) is 37.5 Å².